The second-order valence-corrected chi connectivity index (χ2v) is 4.49. The molecule has 0 aromatic carbocycles. The topological polar surface area (TPSA) is 18.5 Å². The van der Waals surface area contributed by atoms with Crippen LogP contribution in [0.3, 0.4) is 0 Å². The fourth-order valence-electron chi connectivity index (χ4n) is 1.91. The monoisotopic (exact) mass is 220 g/mol. The van der Waals surface area contributed by atoms with Gasteiger partial charge < -0.3 is 9.47 Å². The summed E-state index contributed by atoms with van der Waals surface area (Å²) in [4.78, 5) is 0.506. The van der Waals surface area contributed by atoms with Crippen molar-refractivity contribution in [2.24, 2.45) is 0 Å². The summed E-state index contributed by atoms with van der Waals surface area (Å²) in [5.41, 5.74) is 0.0260. The van der Waals surface area contributed by atoms with E-state index in [1.807, 2.05) is 0 Å². The lowest BCUT2D eigenvalue weighted by atomic mass is 9.85. The predicted molar refractivity (Wildman–Crippen MR) is 45.8 cm³/mol. The van der Waals surface area contributed by atoms with Crippen molar-refractivity contribution < 1.29 is 9.47 Å². The van der Waals surface area contributed by atoms with Gasteiger partial charge in [-0.1, -0.05) is 28.8 Å². The molecule has 0 bridgehead atoms. The number of rotatable bonds is 0. The average Bonchev–Trinajstić information content (AvgIpc) is 2.46. The minimum Gasteiger partial charge on any atom is -0.352 e. The van der Waals surface area contributed by atoms with Crippen LogP contribution in [-0.2, 0) is 9.47 Å². The molecule has 11 heavy (non-hydrogen) atoms. The zero-order chi connectivity index (χ0) is 7.73. The maximum absolute atomic E-state index is 5.62. The van der Waals surface area contributed by atoms with Gasteiger partial charge in [-0.25, -0.2) is 0 Å². The Balaban J connectivity index is 2.07. The first kappa shape index (κ1) is 8.02. The zero-order valence-electron chi connectivity index (χ0n) is 6.51. The van der Waals surface area contributed by atoms with E-state index in [4.69, 9.17) is 9.47 Å². The van der Waals surface area contributed by atoms with Crippen LogP contribution in [0.5, 0.6) is 0 Å². The Bertz CT molecular complexity index is 143. The largest absolute Gasteiger partial charge is 0.352 e. The molecule has 2 nitrogen and oxygen atoms in total. The highest BCUT2D eigenvalue weighted by atomic mass is 79.9. The van der Waals surface area contributed by atoms with Crippen molar-refractivity contribution in [2.75, 3.05) is 13.4 Å². The molecule has 0 N–H and O–H groups in total. The zero-order valence-corrected chi connectivity index (χ0v) is 8.10. The molecule has 0 aromatic rings. The summed E-state index contributed by atoms with van der Waals surface area (Å²) in [6, 6.07) is 0. The minimum absolute atomic E-state index is 0.0260. The maximum Gasteiger partial charge on any atom is 0.147 e. The number of alkyl halides is 1. The molecular weight excluding hydrogens is 208 g/mol. The van der Waals surface area contributed by atoms with Gasteiger partial charge in [0, 0.05) is 4.83 Å². The number of halogens is 1. The van der Waals surface area contributed by atoms with Crippen LogP contribution in [0.2, 0.25) is 0 Å². The Hall–Kier alpha value is 0.400. The Labute approximate surface area is 75.4 Å². The van der Waals surface area contributed by atoms with Gasteiger partial charge in [-0.15, -0.1) is 0 Å². The van der Waals surface area contributed by atoms with Crippen molar-refractivity contribution in [3.63, 3.8) is 0 Å². The second-order valence-electron chi connectivity index (χ2n) is 3.39. The Kier molecular flexibility index (Phi) is 2.21. The number of ether oxygens (including phenoxy) is 2. The van der Waals surface area contributed by atoms with Crippen molar-refractivity contribution in [3.05, 3.63) is 0 Å². The fraction of sp³-hybridized carbons (Fsp3) is 1.00. The van der Waals surface area contributed by atoms with Crippen LogP contribution < -0.4 is 0 Å². The predicted octanol–water partition coefficient (Wildman–Crippen LogP) is 2.07. The van der Waals surface area contributed by atoms with E-state index in [9.17, 15) is 0 Å². The third-order valence-electron chi connectivity index (χ3n) is 2.65. The van der Waals surface area contributed by atoms with Crippen molar-refractivity contribution in [1.29, 1.82) is 0 Å². The van der Waals surface area contributed by atoms with E-state index in [1.165, 1.54) is 19.3 Å². The molecule has 1 heterocycles. The van der Waals surface area contributed by atoms with Gasteiger partial charge in [-0.05, 0) is 12.8 Å². The van der Waals surface area contributed by atoms with Gasteiger partial charge in [0.15, 0.2) is 0 Å². The standard InChI is InChI=1S/C8H13BrO2/c9-7-3-1-2-4-8(7)5-10-6-11-8/h7H,1-6H2. The van der Waals surface area contributed by atoms with E-state index < -0.39 is 0 Å². The van der Waals surface area contributed by atoms with Crippen LogP contribution in [0.4, 0.5) is 0 Å². The molecule has 64 valence electrons. The minimum atomic E-state index is 0.0260. The van der Waals surface area contributed by atoms with Crippen LogP contribution >= 0.6 is 15.9 Å². The molecule has 1 spiro atoms. The Morgan fingerprint density at radius 1 is 1.36 bits per heavy atom. The van der Waals surface area contributed by atoms with Crippen LogP contribution in [0.25, 0.3) is 0 Å². The van der Waals surface area contributed by atoms with Crippen molar-refractivity contribution in [1.82, 2.24) is 0 Å². The molecule has 2 fully saturated rings. The fourth-order valence-corrected chi connectivity index (χ4v) is 2.72. The average molecular weight is 221 g/mol. The van der Waals surface area contributed by atoms with E-state index in [2.05, 4.69) is 15.9 Å². The third-order valence-corrected chi connectivity index (χ3v) is 3.95. The molecule has 0 amide bonds. The third kappa shape index (κ3) is 1.34. The molecule has 1 aliphatic heterocycles. The van der Waals surface area contributed by atoms with Crippen molar-refractivity contribution >= 4 is 15.9 Å². The van der Waals surface area contributed by atoms with E-state index in [1.54, 1.807) is 0 Å². The molecule has 2 rings (SSSR count). The van der Waals surface area contributed by atoms with E-state index in [0.29, 0.717) is 11.6 Å². The van der Waals surface area contributed by atoms with Crippen LogP contribution in [-0.4, -0.2) is 23.8 Å². The van der Waals surface area contributed by atoms with Crippen molar-refractivity contribution in [2.45, 2.75) is 36.1 Å². The van der Waals surface area contributed by atoms with Crippen LogP contribution in [0, 0.1) is 0 Å². The van der Waals surface area contributed by atoms with Gasteiger partial charge in [-0.2, -0.15) is 0 Å². The molecule has 0 aromatic heterocycles. The Morgan fingerprint density at radius 3 is 2.91 bits per heavy atom. The maximum atomic E-state index is 5.62. The lowest BCUT2D eigenvalue weighted by molar-refractivity contribution is -0.0237. The first-order valence-corrected chi connectivity index (χ1v) is 5.11. The molecule has 2 atom stereocenters. The van der Waals surface area contributed by atoms with E-state index in [0.717, 1.165) is 13.0 Å². The Morgan fingerprint density at radius 2 is 2.27 bits per heavy atom. The SMILES string of the molecule is BrC1CCCCC12COCO2. The van der Waals surface area contributed by atoms with Crippen LogP contribution in [0.1, 0.15) is 25.7 Å². The van der Waals surface area contributed by atoms with Gasteiger partial charge >= 0.3 is 0 Å². The quantitative estimate of drug-likeness (QED) is 0.583. The number of hydrogen-bond donors (Lipinski definition) is 0. The van der Waals surface area contributed by atoms with E-state index >= 15 is 0 Å². The molecule has 1 aliphatic carbocycles. The highest BCUT2D eigenvalue weighted by molar-refractivity contribution is 9.09. The van der Waals surface area contributed by atoms with Gasteiger partial charge in [-0.3, -0.25) is 0 Å². The molecule has 2 aliphatic rings. The van der Waals surface area contributed by atoms with Gasteiger partial charge in [0.05, 0.1) is 6.61 Å². The summed E-state index contributed by atoms with van der Waals surface area (Å²) in [5, 5.41) is 0. The highest BCUT2D eigenvalue weighted by Crippen LogP contribution is 2.39. The number of hydrogen-bond acceptors (Lipinski definition) is 2. The first-order valence-electron chi connectivity index (χ1n) is 4.19. The molecule has 2 unspecified atom stereocenters. The first-order chi connectivity index (χ1) is 5.33. The lowest BCUT2D eigenvalue weighted by Crippen LogP contribution is -2.43. The summed E-state index contributed by atoms with van der Waals surface area (Å²) in [6.45, 7) is 1.27. The molecule has 0 radical (unpaired) electrons. The summed E-state index contributed by atoms with van der Waals surface area (Å²) in [6.07, 6.45) is 4.98. The molecular formula is C8H13BrO2. The van der Waals surface area contributed by atoms with Gasteiger partial charge in [0.25, 0.3) is 0 Å². The van der Waals surface area contributed by atoms with E-state index in [-0.39, 0.29) is 5.60 Å². The normalized spacial score (nSPS) is 45.0. The van der Waals surface area contributed by atoms with Crippen molar-refractivity contribution in [3.8, 4) is 0 Å². The lowest BCUT2D eigenvalue weighted by Gasteiger charge is -2.35. The molecule has 1 saturated carbocycles. The molecule has 3 heteroatoms. The van der Waals surface area contributed by atoms with Gasteiger partial charge in [0.2, 0.25) is 0 Å². The highest BCUT2D eigenvalue weighted by Gasteiger charge is 2.43. The smallest absolute Gasteiger partial charge is 0.147 e. The summed E-state index contributed by atoms with van der Waals surface area (Å²) in [7, 11) is 0. The van der Waals surface area contributed by atoms with Crippen LogP contribution in [0.15, 0.2) is 0 Å². The second kappa shape index (κ2) is 3.04. The van der Waals surface area contributed by atoms with Gasteiger partial charge in [0.1, 0.15) is 12.4 Å². The summed E-state index contributed by atoms with van der Waals surface area (Å²) in [5.74, 6) is 0. The molecule has 1 saturated heterocycles. The summed E-state index contributed by atoms with van der Waals surface area (Å²) < 4.78 is 10.9. The summed E-state index contributed by atoms with van der Waals surface area (Å²) >= 11 is 3.67.